The lowest BCUT2D eigenvalue weighted by Gasteiger charge is -2.30. The monoisotopic (exact) mass is 459 g/mol. The summed E-state index contributed by atoms with van der Waals surface area (Å²) in [5, 5.41) is 0.705. The molecule has 1 aromatic carbocycles. The van der Waals surface area contributed by atoms with E-state index in [1.54, 1.807) is 7.11 Å². The second-order valence-electron chi connectivity index (χ2n) is 10.1. The molecule has 2 saturated heterocycles. The smallest absolute Gasteiger partial charge is 0.260 e. The first-order chi connectivity index (χ1) is 16.6. The molecule has 1 aliphatic carbocycles. The number of morpholine rings is 1. The van der Waals surface area contributed by atoms with Gasteiger partial charge in [0, 0.05) is 50.4 Å². The molecule has 0 radical (unpaired) electrons. The molecule has 8 heteroatoms. The number of hydrogen-bond donors (Lipinski definition) is 1. The summed E-state index contributed by atoms with van der Waals surface area (Å²) < 4.78 is 11.2. The number of methoxy groups -OCH3 is 1. The van der Waals surface area contributed by atoms with E-state index in [1.807, 2.05) is 12.1 Å². The van der Waals surface area contributed by atoms with Gasteiger partial charge in [0.15, 0.2) is 0 Å². The van der Waals surface area contributed by atoms with Gasteiger partial charge in [0.25, 0.3) is 5.56 Å². The molecule has 34 heavy (non-hydrogen) atoms. The second kappa shape index (κ2) is 7.78. The number of hydrogen-bond acceptors (Lipinski definition) is 7. The zero-order valence-corrected chi connectivity index (χ0v) is 19.4. The van der Waals surface area contributed by atoms with Crippen LogP contribution in [0.25, 0.3) is 10.9 Å². The second-order valence-corrected chi connectivity index (χ2v) is 10.1. The molecule has 0 unspecified atom stereocenters. The number of benzene rings is 1. The Morgan fingerprint density at radius 3 is 2.91 bits per heavy atom. The normalized spacial score (nSPS) is 24.1. The van der Waals surface area contributed by atoms with Crippen molar-refractivity contribution in [1.82, 2.24) is 19.9 Å². The first kappa shape index (κ1) is 20.4. The number of nitrogens with one attached hydrogen (secondary N) is 1. The summed E-state index contributed by atoms with van der Waals surface area (Å²) in [6.45, 7) is 4.24. The maximum absolute atomic E-state index is 13.1. The fourth-order valence-corrected chi connectivity index (χ4v) is 5.86. The van der Waals surface area contributed by atoms with Crippen LogP contribution in [0, 0.1) is 0 Å². The Bertz CT molecular complexity index is 1330. The highest BCUT2D eigenvalue weighted by atomic mass is 16.5. The summed E-state index contributed by atoms with van der Waals surface area (Å²) in [7, 11) is 1.66. The molecule has 0 amide bonds. The van der Waals surface area contributed by atoms with Crippen LogP contribution in [0.5, 0.6) is 5.75 Å². The van der Waals surface area contributed by atoms with Gasteiger partial charge in [-0.2, -0.15) is 0 Å². The molecule has 3 fully saturated rings. The van der Waals surface area contributed by atoms with Crippen molar-refractivity contribution < 1.29 is 9.47 Å². The number of likely N-dealkylation sites (tertiary alicyclic amines) is 1. The summed E-state index contributed by atoms with van der Waals surface area (Å²) in [6, 6.07) is 8.77. The van der Waals surface area contributed by atoms with Crippen molar-refractivity contribution in [2.75, 3.05) is 31.7 Å². The van der Waals surface area contributed by atoms with Crippen molar-refractivity contribution in [3.63, 3.8) is 0 Å². The summed E-state index contributed by atoms with van der Waals surface area (Å²) in [5.41, 5.74) is 5.21. The van der Waals surface area contributed by atoms with E-state index in [1.165, 1.54) is 5.56 Å². The third kappa shape index (κ3) is 3.47. The quantitative estimate of drug-likeness (QED) is 0.628. The molecule has 1 saturated carbocycles. The molecule has 4 aliphatic rings. The summed E-state index contributed by atoms with van der Waals surface area (Å²) in [4.78, 5) is 30.7. The van der Waals surface area contributed by atoms with Crippen LogP contribution in [0.2, 0.25) is 0 Å². The van der Waals surface area contributed by atoms with Gasteiger partial charge in [-0.25, -0.2) is 4.98 Å². The standard InChI is InChI=1S/C26H29N5O3/c1-33-19-9-21(15-2-3-15)24-23(10-19)28-26(29-25(24)32)30-7-6-22-16(11-30)4-5-17(27-22)12-31-13-20-8-18(31)14-34-20/h4-5,9-10,15,18,20H,2-3,6-8,11-14H2,1H3,(H,28,29,32)/t18-,20-/m0/s1. The minimum Gasteiger partial charge on any atom is -0.497 e. The van der Waals surface area contributed by atoms with Crippen molar-refractivity contribution in [3.8, 4) is 5.75 Å². The minimum absolute atomic E-state index is 0.0623. The third-order valence-corrected chi connectivity index (χ3v) is 7.84. The number of ether oxygens (including phenoxy) is 2. The largest absolute Gasteiger partial charge is 0.497 e. The van der Waals surface area contributed by atoms with Crippen LogP contribution in [-0.4, -0.2) is 58.8 Å². The van der Waals surface area contributed by atoms with Gasteiger partial charge in [0.2, 0.25) is 5.95 Å². The molecule has 176 valence electrons. The molecule has 2 aromatic heterocycles. The first-order valence-electron chi connectivity index (χ1n) is 12.3. The maximum atomic E-state index is 13.1. The Kier molecular flexibility index (Phi) is 4.67. The lowest BCUT2D eigenvalue weighted by Crippen LogP contribution is -2.37. The highest BCUT2D eigenvalue weighted by molar-refractivity contribution is 5.85. The Balaban J connectivity index is 1.15. The van der Waals surface area contributed by atoms with Gasteiger partial charge in [-0.3, -0.25) is 19.7 Å². The Morgan fingerprint density at radius 2 is 2.15 bits per heavy atom. The molecule has 1 N–H and O–H groups in total. The average Bonchev–Trinajstić information content (AvgIpc) is 3.50. The average molecular weight is 460 g/mol. The predicted octanol–water partition coefficient (Wildman–Crippen LogP) is 2.74. The van der Waals surface area contributed by atoms with E-state index in [0.717, 1.165) is 74.6 Å². The van der Waals surface area contributed by atoms with Crippen molar-refractivity contribution in [3.05, 3.63) is 57.1 Å². The SMILES string of the molecule is COc1cc(C2CC2)c2c(=O)[nH]c(N3CCc4nc(CN5C[C@@H]6C[C@H]5CO6)ccc4C3)nc2c1. The Morgan fingerprint density at radius 1 is 1.24 bits per heavy atom. The number of fused-ring (bicyclic) bond motifs is 4. The highest BCUT2D eigenvalue weighted by Gasteiger charge is 2.39. The van der Waals surface area contributed by atoms with Gasteiger partial charge in [-0.1, -0.05) is 6.07 Å². The molecule has 3 aliphatic heterocycles. The van der Waals surface area contributed by atoms with Crippen LogP contribution < -0.4 is 15.2 Å². The number of nitrogens with zero attached hydrogens (tertiary/aromatic N) is 4. The van der Waals surface area contributed by atoms with Gasteiger partial charge in [0.1, 0.15) is 5.75 Å². The van der Waals surface area contributed by atoms with Gasteiger partial charge < -0.3 is 14.4 Å². The number of pyridine rings is 1. The molecule has 5 heterocycles. The van der Waals surface area contributed by atoms with Gasteiger partial charge in [-0.05, 0) is 48.4 Å². The van der Waals surface area contributed by atoms with E-state index in [0.29, 0.717) is 41.5 Å². The van der Waals surface area contributed by atoms with Gasteiger partial charge >= 0.3 is 0 Å². The van der Waals surface area contributed by atoms with Crippen molar-refractivity contribution in [2.45, 2.75) is 56.8 Å². The van der Waals surface area contributed by atoms with E-state index in [2.05, 4.69) is 26.9 Å². The number of anilines is 1. The molecule has 3 aromatic rings. The zero-order valence-electron chi connectivity index (χ0n) is 19.4. The van der Waals surface area contributed by atoms with E-state index >= 15 is 0 Å². The van der Waals surface area contributed by atoms with E-state index < -0.39 is 0 Å². The number of aromatic amines is 1. The van der Waals surface area contributed by atoms with Crippen molar-refractivity contribution in [1.29, 1.82) is 0 Å². The summed E-state index contributed by atoms with van der Waals surface area (Å²) >= 11 is 0. The lowest BCUT2D eigenvalue weighted by atomic mass is 10.0. The molecule has 2 atom stereocenters. The third-order valence-electron chi connectivity index (χ3n) is 7.84. The fourth-order valence-electron chi connectivity index (χ4n) is 5.86. The molecular formula is C26H29N5O3. The summed E-state index contributed by atoms with van der Waals surface area (Å²) in [5.74, 6) is 1.82. The van der Waals surface area contributed by atoms with E-state index in [9.17, 15) is 4.79 Å². The van der Waals surface area contributed by atoms with Crippen LogP contribution in [0.15, 0.2) is 29.1 Å². The number of H-pyrrole nitrogens is 1. The van der Waals surface area contributed by atoms with Gasteiger partial charge in [-0.15, -0.1) is 0 Å². The lowest BCUT2D eigenvalue weighted by molar-refractivity contribution is 0.0268. The Hall–Kier alpha value is -2.97. The highest BCUT2D eigenvalue weighted by Crippen LogP contribution is 2.43. The first-order valence-corrected chi connectivity index (χ1v) is 12.3. The van der Waals surface area contributed by atoms with Crippen LogP contribution in [-0.2, 0) is 24.2 Å². The molecule has 8 nitrogen and oxygen atoms in total. The zero-order chi connectivity index (χ0) is 22.8. The Labute approximate surface area is 197 Å². The minimum atomic E-state index is -0.0623. The summed E-state index contributed by atoms with van der Waals surface area (Å²) in [6.07, 6.45) is 4.65. The molecule has 7 rings (SSSR count). The van der Waals surface area contributed by atoms with Crippen molar-refractivity contribution >= 4 is 16.9 Å². The van der Waals surface area contributed by atoms with Crippen LogP contribution in [0.4, 0.5) is 5.95 Å². The molecule has 2 bridgehead atoms. The van der Waals surface area contributed by atoms with E-state index in [-0.39, 0.29) is 5.56 Å². The fraction of sp³-hybridized carbons (Fsp3) is 0.500. The van der Waals surface area contributed by atoms with Crippen LogP contribution >= 0.6 is 0 Å². The predicted molar refractivity (Wildman–Crippen MR) is 128 cm³/mol. The number of rotatable bonds is 5. The van der Waals surface area contributed by atoms with Crippen LogP contribution in [0.1, 0.15) is 47.7 Å². The van der Waals surface area contributed by atoms with Crippen LogP contribution in [0.3, 0.4) is 0 Å². The van der Waals surface area contributed by atoms with E-state index in [4.69, 9.17) is 19.4 Å². The molecule has 0 spiro atoms. The molecular weight excluding hydrogens is 430 g/mol. The number of aromatic nitrogens is 3. The van der Waals surface area contributed by atoms with Crippen molar-refractivity contribution in [2.24, 2.45) is 0 Å². The van der Waals surface area contributed by atoms with Gasteiger partial charge in [0.05, 0.1) is 36.4 Å². The maximum Gasteiger partial charge on any atom is 0.260 e. The topological polar surface area (TPSA) is 83.6 Å².